The Morgan fingerprint density at radius 1 is 1.14 bits per heavy atom. The van der Waals surface area contributed by atoms with E-state index in [9.17, 15) is 18.0 Å². The lowest BCUT2D eigenvalue weighted by molar-refractivity contribution is -0.135. The van der Waals surface area contributed by atoms with Crippen molar-refractivity contribution in [3.05, 3.63) is 29.3 Å². The van der Waals surface area contributed by atoms with Gasteiger partial charge in [-0.2, -0.15) is 4.31 Å². The molecule has 0 unspecified atom stereocenters. The molecule has 2 fully saturated rings. The molecular formula is C20H28N2O6S. The highest BCUT2D eigenvalue weighted by Gasteiger charge is 2.28. The maximum absolute atomic E-state index is 12.8. The molecule has 2 heterocycles. The zero-order valence-electron chi connectivity index (χ0n) is 16.9. The maximum atomic E-state index is 12.8. The summed E-state index contributed by atoms with van der Waals surface area (Å²) >= 11 is 0. The number of carbonyl (C=O) groups is 2. The maximum Gasteiger partial charge on any atom is 0.338 e. The number of carbonyl (C=O) groups excluding carboxylic acids is 2. The van der Waals surface area contributed by atoms with Gasteiger partial charge in [0.25, 0.3) is 5.91 Å². The second-order valence-corrected chi connectivity index (χ2v) is 9.57. The first-order valence-electron chi connectivity index (χ1n) is 9.92. The van der Waals surface area contributed by atoms with Crippen LogP contribution >= 0.6 is 0 Å². The van der Waals surface area contributed by atoms with E-state index in [2.05, 4.69) is 6.92 Å². The molecule has 9 heteroatoms. The van der Waals surface area contributed by atoms with Crippen LogP contribution in [0.1, 0.15) is 35.7 Å². The molecule has 1 aromatic rings. The summed E-state index contributed by atoms with van der Waals surface area (Å²) in [5, 5.41) is 0. The van der Waals surface area contributed by atoms with Crippen LogP contribution in [0.25, 0.3) is 0 Å². The molecule has 0 bridgehead atoms. The van der Waals surface area contributed by atoms with Gasteiger partial charge in [0, 0.05) is 26.2 Å². The van der Waals surface area contributed by atoms with Crippen LogP contribution in [0.15, 0.2) is 23.1 Å². The summed E-state index contributed by atoms with van der Waals surface area (Å²) in [4.78, 5) is 26.6. The van der Waals surface area contributed by atoms with Gasteiger partial charge in [-0.05, 0) is 43.4 Å². The predicted molar refractivity (Wildman–Crippen MR) is 106 cm³/mol. The molecule has 3 rings (SSSR count). The number of esters is 1. The second kappa shape index (κ2) is 9.23. The molecule has 29 heavy (non-hydrogen) atoms. The second-order valence-electron chi connectivity index (χ2n) is 7.63. The number of benzene rings is 1. The van der Waals surface area contributed by atoms with Gasteiger partial charge in [-0.3, -0.25) is 4.79 Å². The van der Waals surface area contributed by atoms with Gasteiger partial charge >= 0.3 is 5.97 Å². The number of likely N-dealkylation sites (tertiary alicyclic amines) is 1. The van der Waals surface area contributed by atoms with Crippen LogP contribution in [0.5, 0.6) is 0 Å². The Kier molecular flexibility index (Phi) is 6.92. The van der Waals surface area contributed by atoms with Gasteiger partial charge in [-0.15, -0.1) is 0 Å². The van der Waals surface area contributed by atoms with E-state index in [0.29, 0.717) is 37.8 Å². The Bertz CT molecular complexity index is 856. The van der Waals surface area contributed by atoms with Crippen molar-refractivity contribution >= 4 is 21.9 Å². The van der Waals surface area contributed by atoms with Crippen molar-refractivity contribution in [2.45, 2.75) is 31.6 Å². The van der Waals surface area contributed by atoms with Gasteiger partial charge in [-0.25, -0.2) is 13.2 Å². The topological polar surface area (TPSA) is 93.2 Å². The van der Waals surface area contributed by atoms with Crippen LogP contribution < -0.4 is 0 Å². The van der Waals surface area contributed by atoms with E-state index < -0.39 is 16.0 Å². The molecule has 0 radical (unpaired) electrons. The first-order valence-corrected chi connectivity index (χ1v) is 11.4. The van der Waals surface area contributed by atoms with E-state index in [-0.39, 0.29) is 36.1 Å². The number of hydrogen-bond donors (Lipinski definition) is 0. The summed E-state index contributed by atoms with van der Waals surface area (Å²) in [5.41, 5.74) is 0.745. The third-order valence-electron chi connectivity index (χ3n) is 5.50. The zero-order chi connectivity index (χ0) is 21.0. The minimum atomic E-state index is -3.72. The summed E-state index contributed by atoms with van der Waals surface area (Å²) in [6.45, 7) is 6.10. The van der Waals surface area contributed by atoms with Crippen LogP contribution in [0.4, 0.5) is 0 Å². The lowest BCUT2D eigenvalue weighted by Gasteiger charge is -2.30. The van der Waals surface area contributed by atoms with Crippen molar-refractivity contribution in [2.24, 2.45) is 5.92 Å². The van der Waals surface area contributed by atoms with Gasteiger partial charge in [0.05, 0.1) is 23.7 Å². The fourth-order valence-corrected chi connectivity index (χ4v) is 4.91. The van der Waals surface area contributed by atoms with Gasteiger partial charge in [0.15, 0.2) is 6.61 Å². The smallest absolute Gasteiger partial charge is 0.338 e. The van der Waals surface area contributed by atoms with Crippen molar-refractivity contribution in [3.63, 3.8) is 0 Å². The first-order chi connectivity index (χ1) is 13.8. The quantitative estimate of drug-likeness (QED) is 0.664. The number of rotatable bonds is 5. The van der Waals surface area contributed by atoms with Crippen molar-refractivity contribution in [3.8, 4) is 0 Å². The lowest BCUT2D eigenvalue weighted by Crippen LogP contribution is -2.40. The van der Waals surface area contributed by atoms with E-state index in [1.54, 1.807) is 17.9 Å². The van der Waals surface area contributed by atoms with Gasteiger partial charge in [-0.1, -0.05) is 13.0 Å². The molecule has 0 N–H and O–H groups in total. The van der Waals surface area contributed by atoms with Crippen LogP contribution in [-0.2, 0) is 24.3 Å². The number of nitrogens with zero attached hydrogens (tertiary/aromatic N) is 2. The van der Waals surface area contributed by atoms with Crippen LogP contribution in [0.2, 0.25) is 0 Å². The van der Waals surface area contributed by atoms with Crippen molar-refractivity contribution in [1.29, 1.82) is 0 Å². The summed E-state index contributed by atoms with van der Waals surface area (Å²) < 4.78 is 37.4. The third-order valence-corrected chi connectivity index (χ3v) is 7.39. The number of amides is 1. The molecule has 1 amide bonds. The van der Waals surface area contributed by atoms with Crippen LogP contribution in [0, 0.1) is 12.8 Å². The molecule has 0 spiro atoms. The number of aryl methyl sites for hydroxylation is 1. The third kappa shape index (κ3) is 5.15. The highest BCUT2D eigenvalue weighted by Crippen LogP contribution is 2.21. The Labute approximate surface area is 171 Å². The first kappa shape index (κ1) is 21.7. The predicted octanol–water partition coefficient (Wildman–Crippen LogP) is 1.43. The fourth-order valence-electron chi connectivity index (χ4n) is 3.47. The Hall–Kier alpha value is -1.97. The summed E-state index contributed by atoms with van der Waals surface area (Å²) in [6, 6.07) is 4.39. The lowest BCUT2D eigenvalue weighted by atomic mass is 9.99. The minimum absolute atomic E-state index is 0.0355. The largest absolute Gasteiger partial charge is 0.452 e. The highest BCUT2D eigenvalue weighted by atomic mass is 32.2. The zero-order valence-corrected chi connectivity index (χ0v) is 17.7. The van der Waals surface area contributed by atoms with Crippen LogP contribution in [0.3, 0.4) is 0 Å². The molecule has 0 atom stereocenters. The highest BCUT2D eigenvalue weighted by molar-refractivity contribution is 7.89. The normalized spacial score (nSPS) is 19.2. The van der Waals surface area contributed by atoms with E-state index in [0.717, 1.165) is 12.8 Å². The summed E-state index contributed by atoms with van der Waals surface area (Å²) in [6.07, 6.45) is 1.89. The molecule has 2 aliphatic heterocycles. The Morgan fingerprint density at radius 3 is 2.45 bits per heavy atom. The van der Waals surface area contributed by atoms with Crippen molar-refractivity contribution in [1.82, 2.24) is 9.21 Å². The number of hydrogen-bond acceptors (Lipinski definition) is 6. The molecule has 0 saturated carbocycles. The average molecular weight is 425 g/mol. The average Bonchev–Trinajstić information content (AvgIpc) is 2.73. The molecule has 0 aromatic heterocycles. The van der Waals surface area contributed by atoms with Gasteiger partial charge in [0.2, 0.25) is 10.0 Å². The molecule has 2 saturated heterocycles. The molecule has 0 aliphatic carbocycles. The summed E-state index contributed by atoms with van der Waals surface area (Å²) in [7, 11) is -3.72. The molecule has 1 aromatic carbocycles. The number of morpholine rings is 1. The van der Waals surface area contributed by atoms with E-state index in [1.165, 1.54) is 16.4 Å². The standard InChI is InChI=1S/C20H28N2O6S/c1-15-5-7-21(8-6-15)19(23)14-28-20(24)18-13-17(4-3-16(18)2)29(25,26)22-9-11-27-12-10-22/h3-4,13,15H,5-12,14H2,1-2H3. The SMILES string of the molecule is Cc1ccc(S(=O)(=O)N2CCOCC2)cc1C(=O)OCC(=O)N1CCC(C)CC1. The van der Waals surface area contributed by atoms with E-state index >= 15 is 0 Å². The number of ether oxygens (including phenoxy) is 2. The van der Waals surface area contributed by atoms with Gasteiger partial charge < -0.3 is 14.4 Å². The molecule has 2 aliphatic rings. The number of piperidine rings is 1. The van der Waals surface area contributed by atoms with Crippen molar-refractivity contribution < 1.29 is 27.5 Å². The minimum Gasteiger partial charge on any atom is -0.452 e. The summed E-state index contributed by atoms with van der Waals surface area (Å²) in [5.74, 6) is -0.319. The fraction of sp³-hybridized carbons (Fsp3) is 0.600. The molecular weight excluding hydrogens is 396 g/mol. The van der Waals surface area contributed by atoms with Crippen molar-refractivity contribution in [2.75, 3.05) is 46.0 Å². The Morgan fingerprint density at radius 2 is 1.79 bits per heavy atom. The van der Waals surface area contributed by atoms with Crippen LogP contribution in [-0.4, -0.2) is 75.5 Å². The van der Waals surface area contributed by atoms with E-state index in [4.69, 9.17) is 9.47 Å². The number of sulfonamides is 1. The monoisotopic (exact) mass is 424 g/mol. The Balaban J connectivity index is 1.67. The van der Waals surface area contributed by atoms with E-state index in [1.807, 2.05) is 0 Å². The molecule has 8 nitrogen and oxygen atoms in total. The van der Waals surface area contributed by atoms with Gasteiger partial charge in [0.1, 0.15) is 0 Å². The molecule has 160 valence electrons.